The van der Waals surface area contributed by atoms with Crippen LogP contribution in [0.25, 0.3) is 0 Å². The van der Waals surface area contributed by atoms with Crippen LogP contribution in [0.15, 0.2) is 0 Å². The van der Waals surface area contributed by atoms with Crippen molar-refractivity contribution in [2.45, 2.75) is 90.3 Å². The van der Waals surface area contributed by atoms with Crippen LogP contribution in [0.4, 0.5) is 0 Å². The maximum Gasteiger partial charge on any atom is 0.305 e. The van der Waals surface area contributed by atoms with E-state index in [0.717, 1.165) is 57.8 Å². The Kier molecular flexibility index (Phi) is 9.73. The molecule has 1 saturated carbocycles. The zero-order valence-electron chi connectivity index (χ0n) is 14.3. The first-order valence-electron chi connectivity index (χ1n) is 9.06. The van der Waals surface area contributed by atoms with Gasteiger partial charge in [-0.05, 0) is 64.2 Å². The molecule has 1 rings (SSSR count). The first-order valence-corrected chi connectivity index (χ1v) is 9.06. The van der Waals surface area contributed by atoms with Crippen LogP contribution < -0.4 is 0 Å². The Bertz CT molecular complexity index is 303. The third kappa shape index (κ3) is 7.59. The molecule has 0 spiro atoms. The number of hydrogen-bond donors (Lipinski definition) is 2. The molecule has 1 unspecified atom stereocenters. The standard InChI is InChI=1S/C18H34O4/c1-3-22-18(21)9-7-5-4-6-8-16-15(11-10-14(2)19)12-13-17(16)20/h14-17,19-20H,3-13H2,1-2H3/t14?,15-,16-,17-/m1/s1. The van der Waals surface area contributed by atoms with Crippen LogP contribution in [-0.4, -0.2) is 35.0 Å². The van der Waals surface area contributed by atoms with Gasteiger partial charge in [0.2, 0.25) is 0 Å². The summed E-state index contributed by atoms with van der Waals surface area (Å²) in [6.45, 7) is 4.13. The van der Waals surface area contributed by atoms with E-state index in [4.69, 9.17) is 4.74 Å². The van der Waals surface area contributed by atoms with Crippen LogP contribution in [-0.2, 0) is 9.53 Å². The number of esters is 1. The molecule has 4 heteroatoms. The minimum absolute atomic E-state index is 0.0908. The fraction of sp³-hybridized carbons (Fsp3) is 0.944. The average molecular weight is 314 g/mol. The molecule has 0 aromatic carbocycles. The molecule has 0 saturated heterocycles. The minimum Gasteiger partial charge on any atom is -0.466 e. The number of carbonyl (C=O) groups excluding carboxylic acids is 1. The quantitative estimate of drug-likeness (QED) is 0.453. The molecule has 1 aliphatic rings. The van der Waals surface area contributed by atoms with Crippen LogP contribution in [0.5, 0.6) is 0 Å². The molecule has 0 amide bonds. The van der Waals surface area contributed by atoms with Crippen LogP contribution in [0.1, 0.15) is 78.1 Å². The maximum atomic E-state index is 11.2. The second-order valence-corrected chi connectivity index (χ2v) is 6.75. The predicted octanol–water partition coefficient (Wildman–Crippen LogP) is 3.44. The number of unbranched alkanes of at least 4 members (excludes halogenated alkanes) is 3. The van der Waals surface area contributed by atoms with Crippen molar-refractivity contribution >= 4 is 5.97 Å². The molecule has 4 atom stereocenters. The third-order valence-electron chi connectivity index (χ3n) is 4.86. The number of hydrogen-bond acceptors (Lipinski definition) is 4. The van der Waals surface area contributed by atoms with E-state index in [1.807, 2.05) is 13.8 Å². The summed E-state index contributed by atoms with van der Waals surface area (Å²) in [6, 6.07) is 0. The maximum absolute atomic E-state index is 11.2. The topological polar surface area (TPSA) is 66.8 Å². The molecule has 0 aromatic rings. The van der Waals surface area contributed by atoms with E-state index in [9.17, 15) is 15.0 Å². The van der Waals surface area contributed by atoms with E-state index in [1.54, 1.807) is 0 Å². The Morgan fingerprint density at radius 1 is 1.18 bits per heavy atom. The van der Waals surface area contributed by atoms with Gasteiger partial charge in [0.25, 0.3) is 0 Å². The second-order valence-electron chi connectivity index (χ2n) is 6.75. The van der Waals surface area contributed by atoms with Gasteiger partial charge < -0.3 is 14.9 Å². The van der Waals surface area contributed by atoms with Gasteiger partial charge in [0.15, 0.2) is 0 Å². The van der Waals surface area contributed by atoms with Crippen LogP contribution in [0.2, 0.25) is 0 Å². The van der Waals surface area contributed by atoms with E-state index in [2.05, 4.69) is 0 Å². The van der Waals surface area contributed by atoms with Gasteiger partial charge in [-0.3, -0.25) is 4.79 Å². The molecular weight excluding hydrogens is 280 g/mol. The lowest BCUT2D eigenvalue weighted by molar-refractivity contribution is -0.143. The highest BCUT2D eigenvalue weighted by Gasteiger charge is 2.33. The SMILES string of the molecule is CCOC(=O)CCCCCC[C@@H]1[C@H](CCC(C)O)CC[C@H]1O. The monoisotopic (exact) mass is 314 g/mol. The van der Waals surface area contributed by atoms with Gasteiger partial charge in [-0.15, -0.1) is 0 Å². The van der Waals surface area contributed by atoms with E-state index in [0.29, 0.717) is 24.9 Å². The molecule has 0 aromatic heterocycles. The van der Waals surface area contributed by atoms with Crippen LogP contribution in [0, 0.1) is 11.8 Å². The number of rotatable bonds is 11. The summed E-state index contributed by atoms with van der Waals surface area (Å²) >= 11 is 0. The van der Waals surface area contributed by atoms with Crippen molar-refractivity contribution < 1.29 is 19.7 Å². The summed E-state index contributed by atoms with van der Waals surface area (Å²) in [7, 11) is 0. The van der Waals surface area contributed by atoms with Gasteiger partial charge in [-0.1, -0.05) is 19.3 Å². The number of ether oxygens (including phenoxy) is 1. The highest BCUT2D eigenvalue weighted by Crippen LogP contribution is 2.38. The van der Waals surface area contributed by atoms with Gasteiger partial charge in [-0.25, -0.2) is 0 Å². The smallest absolute Gasteiger partial charge is 0.305 e. The molecule has 4 nitrogen and oxygen atoms in total. The van der Waals surface area contributed by atoms with Gasteiger partial charge in [0.05, 0.1) is 18.8 Å². The molecule has 2 N–H and O–H groups in total. The zero-order valence-corrected chi connectivity index (χ0v) is 14.3. The van der Waals surface area contributed by atoms with E-state index < -0.39 is 0 Å². The third-order valence-corrected chi connectivity index (χ3v) is 4.86. The Labute approximate surface area is 135 Å². The van der Waals surface area contributed by atoms with Gasteiger partial charge in [-0.2, -0.15) is 0 Å². The lowest BCUT2D eigenvalue weighted by Gasteiger charge is -2.22. The molecule has 0 radical (unpaired) electrons. The van der Waals surface area contributed by atoms with Crippen molar-refractivity contribution in [3.05, 3.63) is 0 Å². The molecular formula is C18H34O4. The highest BCUT2D eigenvalue weighted by atomic mass is 16.5. The summed E-state index contributed by atoms with van der Waals surface area (Å²) in [5, 5.41) is 19.6. The fourth-order valence-corrected chi connectivity index (χ4v) is 3.61. The highest BCUT2D eigenvalue weighted by molar-refractivity contribution is 5.69. The summed E-state index contributed by atoms with van der Waals surface area (Å²) in [6.07, 6.45) is 9.29. The molecule has 0 aliphatic heterocycles. The van der Waals surface area contributed by atoms with Gasteiger partial charge in [0, 0.05) is 6.42 Å². The van der Waals surface area contributed by atoms with Crippen molar-refractivity contribution in [3.8, 4) is 0 Å². The predicted molar refractivity (Wildman–Crippen MR) is 87.5 cm³/mol. The minimum atomic E-state index is -0.235. The van der Waals surface area contributed by atoms with Gasteiger partial charge in [0.1, 0.15) is 0 Å². The summed E-state index contributed by atoms with van der Waals surface area (Å²) in [4.78, 5) is 11.2. The summed E-state index contributed by atoms with van der Waals surface area (Å²) < 4.78 is 4.91. The lowest BCUT2D eigenvalue weighted by atomic mass is 9.86. The second kappa shape index (κ2) is 11.0. The molecule has 1 aliphatic carbocycles. The van der Waals surface area contributed by atoms with Crippen molar-refractivity contribution in [2.24, 2.45) is 11.8 Å². The van der Waals surface area contributed by atoms with Crippen molar-refractivity contribution in [2.75, 3.05) is 6.61 Å². The van der Waals surface area contributed by atoms with Gasteiger partial charge >= 0.3 is 5.97 Å². The first-order chi connectivity index (χ1) is 10.5. The Morgan fingerprint density at radius 3 is 2.59 bits per heavy atom. The van der Waals surface area contributed by atoms with E-state index in [-0.39, 0.29) is 18.2 Å². The normalized spacial score (nSPS) is 26.1. The number of aliphatic hydroxyl groups excluding tert-OH is 2. The number of aliphatic hydroxyl groups is 2. The van der Waals surface area contributed by atoms with Crippen molar-refractivity contribution in [1.29, 1.82) is 0 Å². The summed E-state index contributed by atoms with van der Waals surface area (Å²) in [5.41, 5.74) is 0. The lowest BCUT2D eigenvalue weighted by Crippen LogP contribution is -2.20. The Hall–Kier alpha value is -0.610. The van der Waals surface area contributed by atoms with Crippen LogP contribution >= 0.6 is 0 Å². The van der Waals surface area contributed by atoms with Crippen molar-refractivity contribution in [1.82, 2.24) is 0 Å². The molecule has 130 valence electrons. The molecule has 0 heterocycles. The molecule has 22 heavy (non-hydrogen) atoms. The van der Waals surface area contributed by atoms with E-state index >= 15 is 0 Å². The van der Waals surface area contributed by atoms with E-state index in [1.165, 1.54) is 0 Å². The Balaban J connectivity index is 2.12. The summed E-state index contributed by atoms with van der Waals surface area (Å²) in [5.74, 6) is 0.889. The first kappa shape index (κ1) is 19.4. The number of carbonyl (C=O) groups is 1. The van der Waals surface area contributed by atoms with Crippen molar-refractivity contribution in [3.63, 3.8) is 0 Å². The largest absolute Gasteiger partial charge is 0.466 e. The molecule has 1 fully saturated rings. The molecule has 0 bridgehead atoms. The Morgan fingerprint density at radius 2 is 1.91 bits per heavy atom. The fourth-order valence-electron chi connectivity index (χ4n) is 3.61. The van der Waals surface area contributed by atoms with Crippen LogP contribution in [0.3, 0.4) is 0 Å². The zero-order chi connectivity index (χ0) is 16.4. The average Bonchev–Trinajstić information content (AvgIpc) is 2.81.